The molecule has 0 saturated heterocycles. The zero-order chi connectivity index (χ0) is 10.3. The van der Waals surface area contributed by atoms with Gasteiger partial charge in [-0.25, -0.2) is 0 Å². The van der Waals surface area contributed by atoms with Crippen LogP contribution in [0.5, 0.6) is 0 Å². The summed E-state index contributed by atoms with van der Waals surface area (Å²) in [5.74, 6) is 0.983. The van der Waals surface area contributed by atoms with Crippen molar-refractivity contribution in [3.63, 3.8) is 0 Å². The summed E-state index contributed by atoms with van der Waals surface area (Å²) in [5.41, 5.74) is 0. The summed E-state index contributed by atoms with van der Waals surface area (Å²) >= 11 is -4.05. The first-order valence-corrected chi connectivity index (χ1v) is 13.5. The van der Waals surface area contributed by atoms with E-state index in [2.05, 4.69) is 0 Å². The number of carbonyl (C=O) groups is 2. The third-order valence-electron chi connectivity index (χ3n) is 1.04. The molecule has 0 aromatic carbocycles. The Morgan fingerprint density at radius 2 is 1.46 bits per heavy atom. The van der Waals surface area contributed by atoms with Gasteiger partial charge < -0.3 is 0 Å². The van der Waals surface area contributed by atoms with E-state index in [4.69, 9.17) is 5.29 Å². The van der Waals surface area contributed by atoms with E-state index in [0.29, 0.717) is 0.591 Å². The van der Waals surface area contributed by atoms with E-state index in [9.17, 15) is 14.4 Å². The third kappa shape index (κ3) is 8.59. The molecule has 0 radical (unpaired) electrons. The van der Waals surface area contributed by atoms with Crippen LogP contribution in [0, 0.1) is 0 Å². The van der Waals surface area contributed by atoms with E-state index in [1.165, 1.54) is 13.8 Å². The second-order valence-corrected chi connectivity index (χ2v) is 28.5. The molecule has 0 rings (SSSR count). The van der Waals surface area contributed by atoms with Crippen LogP contribution in [0.4, 0.5) is 0 Å². The van der Waals surface area contributed by atoms with E-state index >= 15 is 0 Å². The number of rotatable bonds is 4. The SMILES string of the molecule is CC(=O)[O][Hg][C](=C=O)[Hg][O]C(C)=O. The minimum atomic E-state index is -2.03. The second-order valence-electron chi connectivity index (χ2n) is 2.27. The predicted molar refractivity (Wildman–Crippen MR) is 32.7 cm³/mol. The zero-order valence-electron chi connectivity index (χ0n) is 7.46. The molecule has 0 fully saturated rings. The Bertz CT molecular complexity index is 236. The van der Waals surface area contributed by atoms with Gasteiger partial charge in [-0.15, -0.1) is 0 Å². The van der Waals surface area contributed by atoms with Crippen molar-refractivity contribution in [3.05, 3.63) is 0.591 Å². The molecule has 0 heterocycles. The van der Waals surface area contributed by atoms with Crippen molar-refractivity contribution in [1.29, 1.82) is 0 Å². The average molecular weight is 559 g/mol. The summed E-state index contributed by atoms with van der Waals surface area (Å²) in [4.78, 5) is 31.1. The van der Waals surface area contributed by atoms with Crippen molar-refractivity contribution >= 4 is 17.9 Å². The Hall–Kier alpha value is 0.260. The minimum absolute atomic E-state index is 0.370. The van der Waals surface area contributed by atoms with Gasteiger partial charge in [-0.05, 0) is 0 Å². The number of carbonyl (C=O) groups excluding carboxylic acids is 3. The first-order valence-electron chi connectivity index (χ1n) is 3.56. The van der Waals surface area contributed by atoms with Crippen LogP contribution >= 0.6 is 0 Å². The molecule has 0 saturated carbocycles. The third-order valence-corrected chi connectivity index (χ3v) is 23.1. The molecule has 13 heavy (non-hydrogen) atoms. The van der Waals surface area contributed by atoms with Crippen molar-refractivity contribution in [2.45, 2.75) is 13.8 Å². The molecule has 64 valence electrons. The van der Waals surface area contributed by atoms with Crippen LogP contribution in [0.3, 0.4) is 0 Å². The molecule has 0 bridgehead atoms. The molecule has 0 unspecified atom stereocenters. The van der Waals surface area contributed by atoms with Crippen molar-refractivity contribution in [2.24, 2.45) is 0 Å². The summed E-state index contributed by atoms with van der Waals surface area (Å²) in [6.07, 6.45) is 0. The fourth-order valence-electron chi connectivity index (χ4n) is 0.478. The van der Waals surface area contributed by atoms with Crippen LogP contribution in [0.25, 0.3) is 0 Å². The van der Waals surface area contributed by atoms with Gasteiger partial charge >= 0.3 is 102 Å². The molecule has 0 aliphatic heterocycles. The van der Waals surface area contributed by atoms with E-state index in [1.807, 2.05) is 0 Å². The fraction of sp³-hybridized carbons (Fsp3) is 0.333. The summed E-state index contributed by atoms with van der Waals surface area (Å²) in [6, 6.07) is 0. The standard InChI is InChI=1S/2C2H4O2.C2O.2Hg/c2*1-2(3)4;1-2-3;;/h2*1H3,(H,3,4);;;/q;;;2*+1/p-2. The first-order chi connectivity index (χ1) is 6.06. The van der Waals surface area contributed by atoms with Gasteiger partial charge in [-0.2, -0.15) is 0 Å². The zero-order valence-corrected chi connectivity index (χ0v) is 18.5. The maximum atomic E-state index is 10.4. The van der Waals surface area contributed by atoms with E-state index in [1.54, 1.807) is 5.94 Å². The number of hydrogen-bond donors (Lipinski definition) is 0. The Kier molecular flexibility index (Phi) is 7.80. The normalized spacial score (nSPS) is 7.23. The summed E-state index contributed by atoms with van der Waals surface area (Å²) in [6.45, 7) is 2.59. The monoisotopic (exact) mass is 562 g/mol. The predicted octanol–water partition coefficient (Wildman–Crippen LogP) is -0.219. The van der Waals surface area contributed by atoms with E-state index in [0.717, 1.165) is 0 Å². The molecule has 5 nitrogen and oxygen atoms in total. The molecular weight excluding hydrogens is 553 g/mol. The molecule has 0 aliphatic carbocycles. The quantitative estimate of drug-likeness (QED) is 0.352. The Morgan fingerprint density at radius 1 is 1.08 bits per heavy atom. The van der Waals surface area contributed by atoms with Crippen molar-refractivity contribution in [1.82, 2.24) is 0 Å². The molecule has 0 aromatic heterocycles. The van der Waals surface area contributed by atoms with E-state index < -0.39 is 50.1 Å². The fourth-order valence-corrected chi connectivity index (χ4v) is 14.0. The first kappa shape index (κ1) is 13.3. The topological polar surface area (TPSA) is 69.7 Å². The van der Waals surface area contributed by atoms with Crippen LogP contribution in [0.1, 0.15) is 13.8 Å². The van der Waals surface area contributed by atoms with Crippen LogP contribution < -0.4 is 0 Å². The molecule has 0 N–H and O–H groups in total. The van der Waals surface area contributed by atoms with Crippen LogP contribution in [0.2, 0.25) is 0 Å². The summed E-state index contributed by atoms with van der Waals surface area (Å²) in [5, 5.41) is 0. The molecule has 0 spiro atoms. The number of hydrogen-bond acceptors (Lipinski definition) is 5. The van der Waals surface area contributed by atoms with Gasteiger partial charge in [-0.3, -0.25) is 0 Å². The van der Waals surface area contributed by atoms with Gasteiger partial charge in [0.2, 0.25) is 0 Å². The average Bonchev–Trinajstić information content (AvgIpc) is 2.04. The van der Waals surface area contributed by atoms with Crippen molar-refractivity contribution < 1.29 is 69.7 Å². The van der Waals surface area contributed by atoms with Gasteiger partial charge in [-0.1, -0.05) is 0 Å². The molecule has 0 aliphatic rings. The molecule has 0 amide bonds. The Labute approximate surface area is 101 Å². The summed E-state index contributed by atoms with van der Waals surface area (Å²) < 4.78 is 10.1. The van der Waals surface area contributed by atoms with Gasteiger partial charge in [0.25, 0.3) is 0 Å². The Balaban J connectivity index is 3.85. The molecule has 7 heteroatoms. The van der Waals surface area contributed by atoms with Gasteiger partial charge in [0.15, 0.2) is 0 Å². The van der Waals surface area contributed by atoms with Crippen LogP contribution in [-0.4, -0.2) is 17.9 Å². The van der Waals surface area contributed by atoms with Crippen LogP contribution in [-0.2, 0) is 69.7 Å². The maximum absolute atomic E-state index is 10.4. The van der Waals surface area contributed by atoms with Crippen LogP contribution in [0.15, 0.2) is 0.591 Å². The molecular formula is C6H6Hg2O5. The second kappa shape index (κ2) is 7.64. The van der Waals surface area contributed by atoms with E-state index in [-0.39, 0.29) is 11.9 Å². The molecule has 0 atom stereocenters. The van der Waals surface area contributed by atoms with Crippen molar-refractivity contribution in [2.75, 3.05) is 0 Å². The van der Waals surface area contributed by atoms with Gasteiger partial charge in [0.1, 0.15) is 0 Å². The van der Waals surface area contributed by atoms with Crippen molar-refractivity contribution in [3.8, 4) is 0 Å². The van der Waals surface area contributed by atoms with Gasteiger partial charge in [0, 0.05) is 0 Å². The van der Waals surface area contributed by atoms with Gasteiger partial charge in [0.05, 0.1) is 0 Å². The Morgan fingerprint density at radius 3 is 1.69 bits per heavy atom. The molecule has 0 aromatic rings. The summed E-state index contributed by atoms with van der Waals surface area (Å²) in [7, 11) is 0.